The van der Waals surface area contributed by atoms with Gasteiger partial charge in [-0.1, -0.05) is 25.1 Å². The first-order valence-corrected chi connectivity index (χ1v) is 30.3. The topological polar surface area (TPSA) is 400 Å². The summed E-state index contributed by atoms with van der Waals surface area (Å²) in [6.45, 7) is 15.9. The predicted octanol–water partition coefficient (Wildman–Crippen LogP) is -1.32. The minimum absolute atomic E-state index is 0.0536. The summed E-state index contributed by atoms with van der Waals surface area (Å²) < 4.78 is 77.4. The first-order chi connectivity index (χ1) is 43.9. The number of rotatable bonds is 52. The third-order valence-electron chi connectivity index (χ3n) is 13.6. The molecule has 1 saturated heterocycles. The number of nitrogens with one attached hydrogen (secondary N) is 3. The standard InChI is InChI=1S/C59H93N7O25/c1-40(2)52(58(75)60-41(3)57(74)61-45-8-6-44(39-90-42(4)67)43(36-45)7-9-48-53(71)54(72)55(73)56(91-48)59(76)77)62-49(68)37-47(66-50(69)10-11-51(66)70)46-38-65(64-63-46)12-13-79-16-17-81-20-21-83-24-25-85-28-29-87-32-33-89-35-34-88-31-30-86-27-26-84-23-22-82-19-18-80-15-14-78-5/h6,8,10-11,36,38,40-41,47-48,52-56,71-73H,7,9,12-35,37,39H2,1-5H3,(H,60,75)(H,61,74)(H,62,68)(H,76,77)/t41-,47?,48-,52-,53-,54+,55-,56-/m0/s1. The molecule has 2 aliphatic heterocycles. The van der Waals surface area contributed by atoms with Crippen LogP contribution in [-0.4, -0.2) is 283 Å². The summed E-state index contributed by atoms with van der Waals surface area (Å²) >= 11 is 0. The van der Waals surface area contributed by atoms with E-state index >= 15 is 0 Å². The number of anilines is 1. The molecule has 1 aromatic carbocycles. The number of carbonyl (C=O) groups excluding carboxylic acids is 6. The maximum absolute atomic E-state index is 13.7. The monoisotopic (exact) mass is 1300 g/mol. The lowest BCUT2D eigenvalue weighted by Gasteiger charge is -2.39. The third-order valence-corrected chi connectivity index (χ3v) is 13.6. The Morgan fingerprint density at radius 2 is 1.09 bits per heavy atom. The molecule has 4 rings (SSSR count). The van der Waals surface area contributed by atoms with E-state index in [0.717, 1.165) is 17.1 Å². The summed E-state index contributed by atoms with van der Waals surface area (Å²) in [7, 11) is 1.63. The number of carboxylic acid groups (broad SMARTS) is 1. The highest BCUT2D eigenvalue weighted by atomic mass is 16.6. The molecule has 0 spiro atoms. The highest BCUT2D eigenvalue weighted by molar-refractivity contribution is 6.13. The summed E-state index contributed by atoms with van der Waals surface area (Å²) in [5.74, 6) is -6.09. The Kier molecular flexibility index (Phi) is 38.5. The second-order valence-electron chi connectivity index (χ2n) is 21.0. The number of aromatic nitrogens is 3. The number of amides is 5. The van der Waals surface area contributed by atoms with Gasteiger partial charge < -0.3 is 103 Å². The fraction of sp³-hybridized carbons (Fsp3) is 0.712. The zero-order valence-corrected chi connectivity index (χ0v) is 52.6. The van der Waals surface area contributed by atoms with E-state index in [1.54, 1.807) is 33.1 Å². The molecule has 0 radical (unpaired) electrons. The van der Waals surface area contributed by atoms with Gasteiger partial charge in [0.25, 0.3) is 11.8 Å². The van der Waals surface area contributed by atoms with Gasteiger partial charge >= 0.3 is 11.9 Å². The van der Waals surface area contributed by atoms with E-state index < -0.39 is 102 Å². The number of nitrogens with zero attached hydrogens (tertiary/aromatic N) is 4. The van der Waals surface area contributed by atoms with E-state index in [1.807, 2.05) is 0 Å². The number of carboxylic acids is 1. The van der Waals surface area contributed by atoms with Crippen LogP contribution in [0, 0.1) is 5.92 Å². The summed E-state index contributed by atoms with van der Waals surface area (Å²) in [6.07, 6.45) is -5.18. The largest absolute Gasteiger partial charge is 0.479 e. The van der Waals surface area contributed by atoms with Gasteiger partial charge in [-0.2, -0.15) is 0 Å². The molecule has 8 atom stereocenters. The smallest absolute Gasteiger partial charge is 0.335 e. The fourth-order valence-corrected chi connectivity index (χ4v) is 8.73. The second-order valence-corrected chi connectivity index (χ2v) is 21.0. The number of esters is 1. The average Bonchev–Trinajstić information content (AvgIpc) is 2.09. The number of carbonyl (C=O) groups is 7. The van der Waals surface area contributed by atoms with E-state index in [-0.39, 0.29) is 50.6 Å². The fourth-order valence-electron chi connectivity index (χ4n) is 8.73. The van der Waals surface area contributed by atoms with Crippen LogP contribution in [0.2, 0.25) is 0 Å². The van der Waals surface area contributed by atoms with Crippen molar-refractivity contribution in [2.75, 3.05) is 164 Å². The van der Waals surface area contributed by atoms with Crippen LogP contribution >= 0.6 is 0 Å². The van der Waals surface area contributed by atoms with Crippen molar-refractivity contribution in [1.82, 2.24) is 30.5 Å². The Balaban J connectivity index is 1.07. The Labute approximate surface area is 529 Å². The van der Waals surface area contributed by atoms with Crippen LogP contribution < -0.4 is 16.0 Å². The molecular formula is C59H93N7O25. The van der Waals surface area contributed by atoms with Crippen molar-refractivity contribution in [3.63, 3.8) is 0 Å². The molecule has 1 unspecified atom stereocenters. The molecule has 32 heteroatoms. The van der Waals surface area contributed by atoms with Crippen molar-refractivity contribution >= 4 is 47.2 Å². The van der Waals surface area contributed by atoms with Crippen LogP contribution in [0.4, 0.5) is 5.69 Å². The summed E-state index contributed by atoms with van der Waals surface area (Å²) in [5.41, 5.74) is 1.36. The van der Waals surface area contributed by atoms with Crippen LogP contribution in [0.5, 0.6) is 0 Å². The van der Waals surface area contributed by atoms with Crippen molar-refractivity contribution in [3.05, 3.63) is 53.4 Å². The summed E-state index contributed by atoms with van der Waals surface area (Å²) in [4.78, 5) is 91.0. The van der Waals surface area contributed by atoms with Crippen LogP contribution in [0.15, 0.2) is 36.5 Å². The zero-order valence-electron chi connectivity index (χ0n) is 52.6. The van der Waals surface area contributed by atoms with Gasteiger partial charge in [-0.05, 0) is 48.9 Å². The lowest BCUT2D eigenvalue weighted by molar-refractivity contribution is -0.228. The molecule has 0 saturated carbocycles. The SMILES string of the molecule is COCCOCCOCCOCCOCCOCCOCCOCCOCCOCCOCCOCCn1cc(C(CC(=O)N[C@H](C(=O)N[C@@H](C)C(=O)Nc2ccc(COC(C)=O)c(CC[C@@H]3O[C@H](C(=O)O)[C@@H](O)[C@H](O)[C@H]3O)c2)C(C)C)N2C(=O)C=CC2=O)nn1. The molecule has 2 aliphatic rings. The zero-order chi connectivity index (χ0) is 66.2. The minimum Gasteiger partial charge on any atom is -0.479 e. The van der Waals surface area contributed by atoms with Crippen LogP contribution in [0.3, 0.4) is 0 Å². The highest BCUT2D eigenvalue weighted by Gasteiger charge is 2.46. The van der Waals surface area contributed by atoms with Crippen molar-refractivity contribution < 1.29 is 120 Å². The van der Waals surface area contributed by atoms with E-state index in [4.69, 9.17) is 66.3 Å². The Morgan fingerprint density at radius 3 is 1.54 bits per heavy atom. The number of methoxy groups -OCH3 is 1. The van der Waals surface area contributed by atoms with E-state index in [2.05, 4.69) is 26.3 Å². The number of hydrogen-bond acceptors (Lipinski definition) is 26. The van der Waals surface area contributed by atoms with Gasteiger partial charge in [-0.15, -0.1) is 5.10 Å². The highest BCUT2D eigenvalue weighted by Crippen LogP contribution is 2.28. The van der Waals surface area contributed by atoms with Crippen molar-refractivity contribution in [2.24, 2.45) is 5.92 Å². The van der Waals surface area contributed by atoms with Gasteiger partial charge in [0.15, 0.2) is 6.10 Å². The van der Waals surface area contributed by atoms with Gasteiger partial charge in [0.1, 0.15) is 42.7 Å². The van der Waals surface area contributed by atoms with Crippen LogP contribution in [0.25, 0.3) is 0 Å². The minimum atomic E-state index is -1.87. The first kappa shape index (κ1) is 77.4. The van der Waals surface area contributed by atoms with E-state index in [1.165, 1.54) is 30.8 Å². The maximum Gasteiger partial charge on any atom is 0.335 e. The lowest BCUT2D eigenvalue weighted by atomic mass is 9.91. The molecule has 0 bridgehead atoms. The third kappa shape index (κ3) is 30.5. The lowest BCUT2D eigenvalue weighted by Crippen LogP contribution is -2.59. The molecule has 1 aromatic heterocycles. The molecule has 5 amide bonds. The number of benzene rings is 1. The molecular weight excluding hydrogens is 1210 g/mol. The molecule has 2 aromatic rings. The second kappa shape index (κ2) is 45.3. The molecule has 514 valence electrons. The van der Waals surface area contributed by atoms with Gasteiger partial charge in [-0.3, -0.25) is 33.7 Å². The predicted molar refractivity (Wildman–Crippen MR) is 317 cm³/mol. The molecule has 32 nitrogen and oxygen atoms in total. The molecule has 91 heavy (non-hydrogen) atoms. The Hall–Kier alpha value is -6.05. The van der Waals surface area contributed by atoms with Crippen LogP contribution in [-0.2, 0) is 119 Å². The molecule has 7 N–H and O–H groups in total. The van der Waals surface area contributed by atoms with Crippen molar-refractivity contribution in [2.45, 2.75) is 109 Å². The van der Waals surface area contributed by atoms with Gasteiger partial charge in [-0.25, -0.2) is 9.48 Å². The van der Waals surface area contributed by atoms with Gasteiger partial charge in [0, 0.05) is 31.9 Å². The number of hydrogen-bond donors (Lipinski definition) is 7. The molecule has 0 aliphatic carbocycles. The number of ether oxygens (including phenoxy) is 14. The normalized spacial score (nSPS) is 18.4. The first-order valence-electron chi connectivity index (χ1n) is 30.3. The number of aliphatic hydroxyl groups is 3. The van der Waals surface area contributed by atoms with Crippen molar-refractivity contribution in [1.29, 1.82) is 0 Å². The van der Waals surface area contributed by atoms with Gasteiger partial charge in [0.05, 0.1) is 183 Å². The summed E-state index contributed by atoms with van der Waals surface area (Å²) in [5, 5.41) is 56.7. The van der Waals surface area contributed by atoms with E-state index in [0.29, 0.717) is 150 Å². The Morgan fingerprint density at radius 1 is 0.615 bits per heavy atom. The molecule has 1 fully saturated rings. The number of aliphatic hydroxyl groups excluding tert-OH is 3. The van der Waals surface area contributed by atoms with E-state index in [9.17, 15) is 54.0 Å². The van der Waals surface area contributed by atoms with Gasteiger partial charge in [0.2, 0.25) is 17.7 Å². The average molecular weight is 1300 g/mol. The molecule has 3 heterocycles. The summed E-state index contributed by atoms with van der Waals surface area (Å²) in [6, 6.07) is 1.07. The number of aryl methyl sites for hydroxylation is 1. The van der Waals surface area contributed by atoms with Crippen molar-refractivity contribution in [3.8, 4) is 0 Å². The number of aliphatic carboxylic acids is 1. The Bertz CT molecular complexity index is 2470. The quantitative estimate of drug-likeness (QED) is 0.0229. The van der Waals surface area contributed by atoms with Crippen LogP contribution in [0.1, 0.15) is 63.4 Å². The number of imide groups is 1. The maximum atomic E-state index is 13.7.